The zero-order valence-electron chi connectivity index (χ0n) is 19.3. The first-order valence-electron chi connectivity index (χ1n) is 12.0. The maximum atomic E-state index is 13.5. The first kappa shape index (κ1) is 21.2. The molecule has 1 aliphatic rings. The molecule has 1 amide bonds. The second kappa shape index (κ2) is 9.14. The molecule has 1 fully saturated rings. The highest BCUT2D eigenvalue weighted by Gasteiger charge is 2.29. The van der Waals surface area contributed by atoms with Crippen LogP contribution in [0.4, 0.5) is 0 Å². The van der Waals surface area contributed by atoms with Crippen LogP contribution in [-0.4, -0.2) is 43.8 Å². The number of rotatable bonds is 4. The SMILES string of the molecule is O=C(c1ccc2cc[nH]c2c1)N1CCCC(c2nc(-c3ccncc3)ncc2-c2ccccc2)C1. The summed E-state index contributed by atoms with van der Waals surface area (Å²) >= 11 is 0. The highest BCUT2D eigenvalue weighted by Crippen LogP contribution is 2.34. The molecule has 0 bridgehead atoms. The Hall–Kier alpha value is -4.32. The molecule has 0 spiro atoms. The molecule has 1 N–H and O–H groups in total. The lowest BCUT2D eigenvalue weighted by Crippen LogP contribution is -2.39. The van der Waals surface area contributed by atoms with Crippen LogP contribution in [0.15, 0.2) is 91.5 Å². The molecule has 6 rings (SSSR count). The first-order chi connectivity index (χ1) is 17.3. The minimum Gasteiger partial charge on any atom is -0.361 e. The summed E-state index contributed by atoms with van der Waals surface area (Å²) in [6.45, 7) is 1.38. The number of H-pyrrole nitrogens is 1. The number of fused-ring (bicyclic) bond motifs is 1. The van der Waals surface area contributed by atoms with E-state index in [-0.39, 0.29) is 11.8 Å². The van der Waals surface area contributed by atoms with E-state index in [0.29, 0.717) is 17.9 Å². The zero-order valence-corrected chi connectivity index (χ0v) is 19.3. The van der Waals surface area contributed by atoms with Gasteiger partial charge in [-0.3, -0.25) is 9.78 Å². The molecule has 172 valence electrons. The van der Waals surface area contributed by atoms with Crippen molar-refractivity contribution in [2.24, 2.45) is 0 Å². The van der Waals surface area contributed by atoms with Crippen LogP contribution in [-0.2, 0) is 0 Å². The number of likely N-dealkylation sites (tertiary alicyclic amines) is 1. The third-order valence-corrected chi connectivity index (χ3v) is 6.74. The number of benzene rings is 2. The van der Waals surface area contributed by atoms with Gasteiger partial charge in [-0.25, -0.2) is 9.97 Å². The Bertz CT molecular complexity index is 1480. The molecule has 1 unspecified atom stereocenters. The van der Waals surface area contributed by atoms with Crippen molar-refractivity contribution in [3.8, 4) is 22.5 Å². The number of hydrogen-bond acceptors (Lipinski definition) is 4. The lowest BCUT2D eigenvalue weighted by molar-refractivity contribution is 0.0706. The lowest BCUT2D eigenvalue weighted by Gasteiger charge is -2.33. The second-order valence-corrected chi connectivity index (χ2v) is 8.96. The number of hydrogen-bond donors (Lipinski definition) is 1. The fourth-order valence-corrected chi connectivity index (χ4v) is 4.93. The van der Waals surface area contributed by atoms with E-state index >= 15 is 0 Å². The topological polar surface area (TPSA) is 74.8 Å². The molecule has 1 saturated heterocycles. The van der Waals surface area contributed by atoms with Crippen LogP contribution in [0.25, 0.3) is 33.4 Å². The average molecular weight is 460 g/mol. The van der Waals surface area contributed by atoms with Gasteiger partial charge in [0.2, 0.25) is 0 Å². The molecule has 6 heteroatoms. The van der Waals surface area contributed by atoms with Crippen molar-refractivity contribution in [3.63, 3.8) is 0 Å². The number of aromatic nitrogens is 4. The monoisotopic (exact) mass is 459 g/mol. The minimum absolute atomic E-state index is 0.0656. The van der Waals surface area contributed by atoms with Crippen LogP contribution >= 0.6 is 0 Å². The summed E-state index contributed by atoms with van der Waals surface area (Å²) in [6.07, 6.45) is 9.25. The summed E-state index contributed by atoms with van der Waals surface area (Å²) in [7, 11) is 0. The quantitative estimate of drug-likeness (QED) is 0.374. The van der Waals surface area contributed by atoms with Crippen LogP contribution in [0.3, 0.4) is 0 Å². The average Bonchev–Trinajstić information content (AvgIpc) is 3.41. The number of amides is 1. The fourth-order valence-electron chi connectivity index (χ4n) is 4.93. The van der Waals surface area contributed by atoms with E-state index in [4.69, 9.17) is 4.98 Å². The molecular weight excluding hydrogens is 434 g/mol. The van der Waals surface area contributed by atoms with Gasteiger partial charge in [-0.1, -0.05) is 36.4 Å². The van der Waals surface area contributed by atoms with Crippen LogP contribution in [0.1, 0.15) is 34.8 Å². The first-order valence-corrected chi connectivity index (χ1v) is 12.0. The van der Waals surface area contributed by atoms with Gasteiger partial charge in [-0.15, -0.1) is 0 Å². The molecule has 0 saturated carbocycles. The smallest absolute Gasteiger partial charge is 0.253 e. The van der Waals surface area contributed by atoms with E-state index in [0.717, 1.165) is 52.7 Å². The summed E-state index contributed by atoms with van der Waals surface area (Å²) in [5.74, 6) is 0.874. The molecule has 5 aromatic rings. The normalized spacial score (nSPS) is 15.9. The van der Waals surface area contributed by atoms with E-state index in [9.17, 15) is 4.79 Å². The van der Waals surface area contributed by atoms with Gasteiger partial charge in [0.05, 0.1) is 5.69 Å². The molecule has 2 aromatic carbocycles. The third-order valence-electron chi connectivity index (χ3n) is 6.74. The second-order valence-electron chi connectivity index (χ2n) is 8.96. The molecule has 6 nitrogen and oxygen atoms in total. The third kappa shape index (κ3) is 4.19. The number of pyridine rings is 1. The Morgan fingerprint density at radius 1 is 0.971 bits per heavy atom. The predicted molar refractivity (Wildman–Crippen MR) is 137 cm³/mol. The van der Waals surface area contributed by atoms with Gasteiger partial charge in [-0.05, 0) is 54.1 Å². The van der Waals surface area contributed by atoms with Gasteiger partial charge < -0.3 is 9.88 Å². The van der Waals surface area contributed by atoms with Crippen molar-refractivity contribution < 1.29 is 4.79 Å². The summed E-state index contributed by atoms with van der Waals surface area (Å²) < 4.78 is 0. The number of carbonyl (C=O) groups excluding carboxylic acids is 1. The van der Waals surface area contributed by atoms with Gasteiger partial charge in [0.15, 0.2) is 5.82 Å². The van der Waals surface area contributed by atoms with Gasteiger partial charge >= 0.3 is 0 Å². The van der Waals surface area contributed by atoms with Crippen LogP contribution in [0.5, 0.6) is 0 Å². The van der Waals surface area contributed by atoms with Crippen molar-refractivity contribution >= 4 is 16.8 Å². The van der Waals surface area contributed by atoms with Crippen LogP contribution in [0.2, 0.25) is 0 Å². The van der Waals surface area contributed by atoms with Crippen LogP contribution in [0, 0.1) is 0 Å². The Morgan fingerprint density at radius 3 is 2.69 bits per heavy atom. The van der Waals surface area contributed by atoms with E-state index in [1.165, 1.54) is 0 Å². The molecule has 0 radical (unpaired) electrons. The van der Waals surface area contributed by atoms with E-state index in [1.54, 1.807) is 12.4 Å². The highest BCUT2D eigenvalue weighted by molar-refractivity contribution is 5.98. The van der Waals surface area contributed by atoms with Crippen molar-refractivity contribution in [2.45, 2.75) is 18.8 Å². The Morgan fingerprint density at radius 2 is 1.83 bits per heavy atom. The fraction of sp³-hybridized carbons (Fsp3) is 0.172. The highest BCUT2D eigenvalue weighted by atomic mass is 16.2. The van der Waals surface area contributed by atoms with Gasteiger partial charge in [0.25, 0.3) is 5.91 Å². The summed E-state index contributed by atoms with van der Waals surface area (Å²) in [6, 6.07) is 22.0. The molecule has 3 aromatic heterocycles. The Balaban J connectivity index is 1.35. The van der Waals surface area contributed by atoms with Crippen molar-refractivity contribution in [2.75, 3.05) is 13.1 Å². The lowest BCUT2D eigenvalue weighted by atomic mass is 9.89. The standard InChI is InChI=1S/C29H25N5O/c35-29(23-9-8-21-12-15-31-26(21)17-23)34-16-4-7-24(19-34)27-25(20-5-2-1-3-6-20)18-32-28(33-27)22-10-13-30-14-11-22/h1-3,5-6,8-15,17-18,24,31H,4,7,16,19H2. The minimum atomic E-state index is 0.0656. The van der Waals surface area contributed by atoms with Crippen molar-refractivity contribution in [1.29, 1.82) is 0 Å². The number of carbonyl (C=O) groups is 1. The molecule has 4 heterocycles. The number of nitrogens with zero attached hydrogens (tertiary/aromatic N) is 4. The molecule has 0 aliphatic carbocycles. The van der Waals surface area contributed by atoms with E-state index < -0.39 is 0 Å². The molecule has 1 atom stereocenters. The summed E-state index contributed by atoms with van der Waals surface area (Å²) in [5.41, 5.74) is 5.73. The van der Waals surface area contributed by atoms with E-state index in [2.05, 4.69) is 27.1 Å². The molecular formula is C29H25N5O. The summed E-state index contributed by atoms with van der Waals surface area (Å²) in [5, 5.41) is 1.11. The van der Waals surface area contributed by atoms with Crippen molar-refractivity contribution in [1.82, 2.24) is 24.8 Å². The van der Waals surface area contributed by atoms with Crippen molar-refractivity contribution in [3.05, 3.63) is 103 Å². The van der Waals surface area contributed by atoms with Gasteiger partial charge in [0.1, 0.15) is 0 Å². The number of aromatic amines is 1. The maximum Gasteiger partial charge on any atom is 0.253 e. The van der Waals surface area contributed by atoms with E-state index in [1.807, 2.05) is 71.9 Å². The predicted octanol–water partition coefficient (Wildman–Crippen LogP) is 5.71. The largest absolute Gasteiger partial charge is 0.361 e. The number of nitrogens with one attached hydrogen (secondary N) is 1. The summed E-state index contributed by atoms with van der Waals surface area (Å²) in [4.78, 5) is 32.5. The zero-order chi connectivity index (χ0) is 23.6. The molecule has 1 aliphatic heterocycles. The Labute approximate surface area is 203 Å². The number of piperidine rings is 1. The van der Waals surface area contributed by atoms with Crippen LogP contribution < -0.4 is 0 Å². The van der Waals surface area contributed by atoms with Gasteiger partial charge in [-0.2, -0.15) is 0 Å². The molecule has 35 heavy (non-hydrogen) atoms. The maximum absolute atomic E-state index is 13.5. The van der Waals surface area contributed by atoms with Gasteiger partial charge in [0, 0.05) is 66.0 Å². The Kier molecular flexibility index (Phi) is 5.54.